The number of primary amides is 1. The van der Waals surface area contributed by atoms with Crippen LogP contribution < -0.4 is 16.4 Å². The Bertz CT molecular complexity index is 692. The largest absolute Gasteiger partial charge is 0.373 e. The van der Waals surface area contributed by atoms with Crippen molar-refractivity contribution in [1.29, 1.82) is 0 Å². The van der Waals surface area contributed by atoms with Gasteiger partial charge in [-0.05, 0) is 49.7 Å². The van der Waals surface area contributed by atoms with Crippen molar-refractivity contribution in [3.63, 3.8) is 0 Å². The van der Waals surface area contributed by atoms with Crippen LogP contribution in [0.3, 0.4) is 0 Å². The average Bonchev–Trinajstić information content (AvgIpc) is 2.73. The van der Waals surface area contributed by atoms with Crippen LogP contribution in [0.1, 0.15) is 49.3 Å². The molecule has 1 fully saturated rings. The molecule has 30 heavy (non-hydrogen) atoms. The molecule has 1 heterocycles. The lowest BCUT2D eigenvalue weighted by Crippen LogP contribution is -2.50. The summed E-state index contributed by atoms with van der Waals surface area (Å²) in [5.41, 5.74) is 8.08. The predicted molar refractivity (Wildman–Crippen MR) is 131 cm³/mol. The van der Waals surface area contributed by atoms with E-state index in [1.54, 1.807) is 7.05 Å². The molecule has 1 amide bonds. The molecule has 1 aliphatic heterocycles. The van der Waals surface area contributed by atoms with Crippen molar-refractivity contribution in [3.8, 4) is 0 Å². The number of hydrogen-bond acceptors (Lipinski definition) is 4. The Kier molecular flexibility index (Phi) is 10.9. The van der Waals surface area contributed by atoms with Gasteiger partial charge in [-0.2, -0.15) is 0 Å². The summed E-state index contributed by atoms with van der Waals surface area (Å²) in [6.07, 6.45) is 6.63. The standard InChI is InChI=1S/C22H35N5O2.HI/c1-24-22(26-18-10-13-27(14-11-18)16-21(23)28)25-12-5-15-29-20-9-4-7-17-6-2-3-8-19(17)20;/h2-3,6,8,18,20H,4-5,7,9-16H2,1H3,(H2,23,28)(H2,24,25,26);1H. The zero-order chi connectivity index (χ0) is 20.5. The second kappa shape index (κ2) is 13.1. The van der Waals surface area contributed by atoms with Gasteiger partial charge in [0.15, 0.2) is 5.96 Å². The molecular weight excluding hydrogens is 493 g/mol. The molecule has 0 saturated carbocycles. The maximum Gasteiger partial charge on any atom is 0.231 e. The van der Waals surface area contributed by atoms with Crippen molar-refractivity contribution in [2.45, 2.75) is 50.7 Å². The Balaban J connectivity index is 0.00000320. The van der Waals surface area contributed by atoms with Gasteiger partial charge in [-0.25, -0.2) is 0 Å². The summed E-state index contributed by atoms with van der Waals surface area (Å²) < 4.78 is 6.17. The number of hydrogen-bond donors (Lipinski definition) is 3. The van der Waals surface area contributed by atoms with Crippen molar-refractivity contribution in [2.75, 3.05) is 39.8 Å². The third-order valence-corrected chi connectivity index (χ3v) is 5.78. The van der Waals surface area contributed by atoms with Crippen LogP contribution in [0.25, 0.3) is 0 Å². The van der Waals surface area contributed by atoms with E-state index < -0.39 is 0 Å². The topological polar surface area (TPSA) is 92.0 Å². The Labute approximate surface area is 197 Å². The molecule has 1 aromatic carbocycles. The smallest absolute Gasteiger partial charge is 0.231 e. The van der Waals surface area contributed by atoms with Crippen LogP contribution in [0.2, 0.25) is 0 Å². The van der Waals surface area contributed by atoms with Gasteiger partial charge in [0.05, 0.1) is 12.6 Å². The quantitative estimate of drug-likeness (QED) is 0.208. The highest BCUT2D eigenvalue weighted by molar-refractivity contribution is 14.0. The zero-order valence-corrected chi connectivity index (χ0v) is 20.3. The van der Waals surface area contributed by atoms with Crippen LogP contribution in [-0.2, 0) is 16.0 Å². The summed E-state index contributed by atoms with van der Waals surface area (Å²) in [7, 11) is 1.80. The Hall–Kier alpha value is -1.39. The minimum Gasteiger partial charge on any atom is -0.373 e. The number of carbonyl (C=O) groups excluding carboxylic acids is 1. The molecular formula is C22H36IN5O2. The van der Waals surface area contributed by atoms with E-state index in [1.165, 1.54) is 24.0 Å². The number of fused-ring (bicyclic) bond motifs is 1. The van der Waals surface area contributed by atoms with Crippen LogP contribution in [0, 0.1) is 0 Å². The van der Waals surface area contributed by atoms with Gasteiger partial charge < -0.3 is 21.1 Å². The van der Waals surface area contributed by atoms with Crippen LogP contribution in [0.15, 0.2) is 29.3 Å². The number of aryl methyl sites for hydroxylation is 1. The van der Waals surface area contributed by atoms with E-state index in [0.717, 1.165) is 57.9 Å². The summed E-state index contributed by atoms with van der Waals surface area (Å²) in [4.78, 5) is 17.5. The Morgan fingerprint density at radius 3 is 2.77 bits per heavy atom. The highest BCUT2D eigenvalue weighted by Crippen LogP contribution is 2.32. The van der Waals surface area contributed by atoms with Gasteiger partial charge in [0.1, 0.15) is 0 Å². The second-order valence-corrected chi connectivity index (χ2v) is 7.96. The number of amides is 1. The van der Waals surface area contributed by atoms with E-state index in [1.807, 2.05) is 0 Å². The van der Waals surface area contributed by atoms with Crippen LogP contribution >= 0.6 is 24.0 Å². The number of nitrogens with two attached hydrogens (primary N) is 1. The lowest BCUT2D eigenvalue weighted by atomic mass is 9.89. The van der Waals surface area contributed by atoms with Gasteiger partial charge in [-0.1, -0.05) is 24.3 Å². The van der Waals surface area contributed by atoms with Gasteiger partial charge in [-0.15, -0.1) is 24.0 Å². The summed E-state index contributed by atoms with van der Waals surface area (Å²) >= 11 is 0. The number of carbonyl (C=O) groups is 1. The number of guanidine groups is 1. The number of likely N-dealkylation sites (tertiary alicyclic amines) is 1. The molecule has 2 aliphatic rings. The van der Waals surface area contributed by atoms with Crippen molar-refractivity contribution >= 4 is 35.8 Å². The van der Waals surface area contributed by atoms with Crippen LogP contribution in [-0.4, -0.2) is 62.6 Å². The Morgan fingerprint density at radius 1 is 1.27 bits per heavy atom. The molecule has 0 radical (unpaired) electrons. The molecule has 0 aromatic heterocycles. The molecule has 1 aromatic rings. The van der Waals surface area contributed by atoms with Crippen molar-refractivity contribution in [1.82, 2.24) is 15.5 Å². The normalized spacial score (nSPS) is 20.2. The van der Waals surface area contributed by atoms with Crippen molar-refractivity contribution in [2.24, 2.45) is 10.7 Å². The number of benzene rings is 1. The molecule has 7 nitrogen and oxygen atoms in total. The average molecular weight is 529 g/mol. The number of nitrogens with one attached hydrogen (secondary N) is 2. The van der Waals surface area contributed by atoms with Gasteiger partial charge in [0.25, 0.3) is 0 Å². The van der Waals surface area contributed by atoms with E-state index in [2.05, 4.69) is 44.8 Å². The summed E-state index contributed by atoms with van der Waals surface area (Å²) in [5.74, 6) is 0.578. The zero-order valence-electron chi connectivity index (χ0n) is 17.9. The molecule has 1 saturated heterocycles. The van der Waals surface area contributed by atoms with Gasteiger partial charge in [0.2, 0.25) is 5.91 Å². The first-order valence-electron chi connectivity index (χ1n) is 10.8. The lowest BCUT2D eigenvalue weighted by Gasteiger charge is -2.32. The summed E-state index contributed by atoms with van der Waals surface area (Å²) in [6, 6.07) is 9.03. The molecule has 1 aliphatic carbocycles. The van der Waals surface area contributed by atoms with Gasteiger partial charge in [-0.3, -0.25) is 14.7 Å². The molecule has 1 atom stereocenters. The fraction of sp³-hybridized carbons (Fsp3) is 0.636. The fourth-order valence-corrected chi connectivity index (χ4v) is 4.23. The number of nitrogens with zero attached hydrogens (tertiary/aromatic N) is 2. The molecule has 3 rings (SSSR count). The summed E-state index contributed by atoms with van der Waals surface area (Å²) in [6.45, 7) is 3.69. The van der Waals surface area contributed by atoms with E-state index >= 15 is 0 Å². The maximum atomic E-state index is 11.0. The highest BCUT2D eigenvalue weighted by atomic mass is 127. The molecule has 1 unspecified atom stereocenters. The second-order valence-electron chi connectivity index (χ2n) is 7.96. The first-order valence-corrected chi connectivity index (χ1v) is 10.8. The van der Waals surface area contributed by atoms with Crippen LogP contribution in [0.5, 0.6) is 0 Å². The number of halogens is 1. The molecule has 4 N–H and O–H groups in total. The minimum atomic E-state index is -0.257. The van der Waals surface area contributed by atoms with E-state index in [0.29, 0.717) is 12.6 Å². The predicted octanol–water partition coefficient (Wildman–Crippen LogP) is 2.20. The third kappa shape index (κ3) is 7.70. The summed E-state index contributed by atoms with van der Waals surface area (Å²) in [5, 5.41) is 6.88. The fourth-order valence-electron chi connectivity index (χ4n) is 4.23. The maximum absolute atomic E-state index is 11.0. The van der Waals surface area contributed by atoms with Gasteiger partial charge >= 0.3 is 0 Å². The molecule has 8 heteroatoms. The SMILES string of the molecule is CN=C(NCCCOC1CCCc2ccccc21)NC1CCN(CC(N)=O)CC1.I. The highest BCUT2D eigenvalue weighted by Gasteiger charge is 2.21. The number of piperidine rings is 1. The minimum absolute atomic E-state index is 0. The third-order valence-electron chi connectivity index (χ3n) is 5.78. The van der Waals surface area contributed by atoms with E-state index in [4.69, 9.17) is 10.5 Å². The first-order chi connectivity index (χ1) is 14.2. The van der Waals surface area contributed by atoms with Crippen LogP contribution in [0.4, 0.5) is 0 Å². The first kappa shape index (κ1) is 24.9. The number of rotatable bonds is 8. The molecule has 0 spiro atoms. The Morgan fingerprint density at radius 2 is 2.03 bits per heavy atom. The number of aliphatic imine (C=N–C) groups is 1. The van der Waals surface area contributed by atoms with Crippen molar-refractivity contribution < 1.29 is 9.53 Å². The molecule has 168 valence electrons. The lowest BCUT2D eigenvalue weighted by molar-refractivity contribution is -0.119. The molecule has 0 bridgehead atoms. The monoisotopic (exact) mass is 529 g/mol. The van der Waals surface area contributed by atoms with Crippen molar-refractivity contribution in [3.05, 3.63) is 35.4 Å². The van der Waals surface area contributed by atoms with E-state index in [-0.39, 0.29) is 36.0 Å². The van der Waals surface area contributed by atoms with Gasteiger partial charge in [0, 0.05) is 39.3 Å². The van der Waals surface area contributed by atoms with E-state index in [9.17, 15) is 4.79 Å². The number of ether oxygens (including phenoxy) is 1.